The van der Waals surface area contributed by atoms with Crippen molar-refractivity contribution in [3.05, 3.63) is 18.2 Å². The Labute approximate surface area is 169 Å². The molecule has 1 aliphatic rings. The van der Waals surface area contributed by atoms with Crippen LogP contribution in [0.1, 0.15) is 13.3 Å². The van der Waals surface area contributed by atoms with E-state index >= 15 is 0 Å². The highest BCUT2D eigenvalue weighted by molar-refractivity contribution is 7.91. The normalized spacial score (nSPS) is 19.0. The summed E-state index contributed by atoms with van der Waals surface area (Å²) in [6.07, 6.45) is 0.403. The number of sulfonamides is 1. The third kappa shape index (κ3) is 4.36. The van der Waals surface area contributed by atoms with E-state index in [1.807, 2.05) is 0 Å². The molecule has 11 nitrogen and oxygen atoms in total. The minimum atomic E-state index is -3.66. The van der Waals surface area contributed by atoms with Crippen molar-refractivity contribution < 1.29 is 26.5 Å². The summed E-state index contributed by atoms with van der Waals surface area (Å²) in [7, 11) is -3.93. The third-order valence-electron chi connectivity index (χ3n) is 4.79. The molecule has 0 spiro atoms. The summed E-state index contributed by atoms with van der Waals surface area (Å²) in [5.74, 6) is -0.362. The summed E-state index contributed by atoms with van der Waals surface area (Å²) < 4.78 is 49.1. The van der Waals surface area contributed by atoms with Crippen LogP contribution in [-0.4, -0.2) is 91.9 Å². The topological polar surface area (TPSA) is 132 Å². The minimum Gasteiger partial charge on any atom is -0.385 e. The van der Waals surface area contributed by atoms with Crippen molar-refractivity contribution in [1.29, 1.82) is 0 Å². The van der Waals surface area contributed by atoms with E-state index in [-0.39, 0.29) is 35.0 Å². The third-order valence-corrected chi connectivity index (χ3v) is 8.35. The Morgan fingerprint density at radius 3 is 2.66 bits per heavy atom. The van der Waals surface area contributed by atoms with Gasteiger partial charge in [-0.2, -0.15) is 0 Å². The van der Waals surface area contributed by atoms with Gasteiger partial charge in [-0.25, -0.2) is 21.1 Å². The van der Waals surface area contributed by atoms with E-state index in [1.54, 1.807) is 6.92 Å². The number of fused-ring (bicyclic) bond motifs is 1. The minimum absolute atomic E-state index is 0.0415. The fraction of sp³-hybridized carbons (Fsp3) is 0.562. The maximum Gasteiger partial charge on any atom is 0.263 e. The summed E-state index contributed by atoms with van der Waals surface area (Å²) in [4.78, 5) is 20.5. The van der Waals surface area contributed by atoms with Gasteiger partial charge in [0.25, 0.3) is 5.91 Å². The van der Waals surface area contributed by atoms with Gasteiger partial charge in [0.15, 0.2) is 16.4 Å². The van der Waals surface area contributed by atoms with Crippen LogP contribution in [0.4, 0.5) is 0 Å². The first-order valence-corrected chi connectivity index (χ1v) is 12.2. The Kier molecular flexibility index (Phi) is 5.83. The second kappa shape index (κ2) is 7.88. The average molecular weight is 446 g/mol. The molecule has 0 saturated carbocycles. The molecule has 3 rings (SSSR count). The lowest BCUT2D eigenvalue weighted by Crippen LogP contribution is -2.44. The van der Waals surface area contributed by atoms with Crippen LogP contribution in [0.2, 0.25) is 0 Å². The zero-order chi connectivity index (χ0) is 21.4. The van der Waals surface area contributed by atoms with Crippen LogP contribution >= 0.6 is 0 Å². The Bertz CT molecular complexity index is 1130. The molecule has 2 heterocycles. The van der Waals surface area contributed by atoms with Crippen LogP contribution < -0.4 is 4.84 Å². The number of carbonyl (C=O) groups is 1. The molecule has 1 saturated heterocycles. The standard InChI is InChI=1S/C16H23N5O6S2/c1-4-20(12-7-8-28(23,24)11-12)16(22)10-27-21-15-9-13(29(25,26)19(2)3)5-6-14(15)17-18-21/h5-6,9,12H,4,7-8,10-11H2,1-3H3/t12-/m1/s1. The van der Waals surface area contributed by atoms with Crippen LogP contribution in [-0.2, 0) is 24.7 Å². The number of rotatable bonds is 7. The van der Waals surface area contributed by atoms with E-state index < -0.39 is 19.9 Å². The molecule has 13 heteroatoms. The van der Waals surface area contributed by atoms with Crippen LogP contribution in [0.3, 0.4) is 0 Å². The molecule has 1 aromatic carbocycles. The average Bonchev–Trinajstić information content (AvgIpc) is 3.22. The number of aromatic nitrogens is 3. The second-order valence-corrected chi connectivity index (χ2v) is 11.3. The van der Waals surface area contributed by atoms with Gasteiger partial charge < -0.3 is 9.74 Å². The lowest BCUT2D eigenvalue weighted by molar-refractivity contribution is -0.138. The van der Waals surface area contributed by atoms with Gasteiger partial charge in [0.05, 0.1) is 16.4 Å². The molecule has 1 atom stereocenters. The van der Waals surface area contributed by atoms with Crippen LogP contribution in [0, 0.1) is 0 Å². The Hall–Kier alpha value is -2.25. The van der Waals surface area contributed by atoms with E-state index in [2.05, 4.69) is 10.3 Å². The molecular formula is C16H23N5O6S2. The quantitative estimate of drug-likeness (QED) is 0.538. The zero-order valence-electron chi connectivity index (χ0n) is 16.3. The number of hydrogen-bond donors (Lipinski definition) is 0. The highest BCUT2D eigenvalue weighted by atomic mass is 32.2. The number of carbonyl (C=O) groups excluding carboxylic acids is 1. The highest BCUT2D eigenvalue weighted by Crippen LogP contribution is 2.20. The molecule has 0 aliphatic carbocycles. The maximum atomic E-state index is 12.6. The van der Waals surface area contributed by atoms with E-state index in [4.69, 9.17) is 4.84 Å². The van der Waals surface area contributed by atoms with Gasteiger partial charge >= 0.3 is 0 Å². The summed E-state index contributed by atoms with van der Waals surface area (Å²) in [5.41, 5.74) is 0.705. The first kappa shape index (κ1) is 21.5. The largest absolute Gasteiger partial charge is 0.385 e. The van der Waals surface area contributed by atoms with Crippen molar-refractivity contribution in [1.82, 2.24) is 24.4 Å². The molecular weight excluding hydrogens is 422 g/mol. The van der Waals surface area contributed by atoms with Crippen molar-refractivity contribution in [2.75, 3.05) is 38.8 Å². The fourth-order valence-electron chi connectivity index (χ4n) is 3.20. The number of hydrogen-bond acceptors (Lipinski definition) is 8. The Balaban J connectivity index is 1.77. The van der Waals surface area contributed by atoms with Crippen molar-refractivity contribution in [3.8, 4) is 0 Å². The fourth-order valence-corrected chi connectivity index (χ4v) is 5.86. The molecule has 0 unspecified atom stereocenters. The molecule has 0 N–H and O–H groups in total. The van der Waals surface area contributed by atoms with Crippen molar-refractivity contribution in [3.63, 3.8) is 0 Å². The molecule has 2 aromatic rings. The van der Waals surface area contributed by atoms with E-state index in [9.17, 15) is 21.6 Å². The second-order valence-electron chi connectivity index (χ2n) is 6.91. The number of amides is 1. The van der Waals surface area contributed by atoms with Gasteiger partial charge in [-0.05, 0) is 36.8 Å². The van der Waals surface area contributed by atoms with Crippen molar-refractivity contribution in [2.24, 2.45) is 0 Å². The van der Waals surface area contributed by atoms with E-state index in [0.717, 1.165) is 9.15 Å². The number of nitrogens with zero attached hydrogens (tertiary/aromatic N) is 5. The summed E-state index contributed by atoms with van der Waals surface area (Å²) in [6.45, 7) is 1.74. The number of likely N-dealkylation sites (N-methyl/N-ethyl adjacent to an activating group) is 1. The number of benzene rings is 1. The van der Waals surface area contributed by atoms with E-state index in [0.29, 0.717) is 24.0 Å². The SMILES string of the molecule is CCN(C(=O)COn1nnc2ccc(S(=O)(=O)N(C)C)cc21)[C@@H]1CCS(=O)(=O)C1. The summed E-state index contributed by atoms with van der Waals surface area (Å²) in [5, 5.41) is 7.71. The van der Waals surface area contributed by atoms with Gasteiger partial charge in [-0.1, -0.05) is 4.85 Å². The molecule has 1 aromatic heterocycles. The molecule has 0 bridgehead atoms. The van der Waals surface area contributed by atoms with Crippen molar-refractivity contribution in [2.45, 2.75) is 24.3 Å². The lowest BCUT2D eigenvalue weighted by Gasteiger charge is -2.26. The number of sulfone groups is 1. The smallest absolute Gasteiger partial charge is 0.263 e. The Morgan fingerprint density at radius 1 is 1.34 bits per heavy atom. The first-order chi connectivity index (χ1) is 13.5. The van der Waals surface area contributed by atoms with Crippen LogP contribution in [0.25, 0.3) is 11.0 Å². The first-order valence-electron chi connectivity index (χ1n) is 8.96. The molecule has 160 valence electrons. The summed E-state index contributed by atoms with van der Waals surface area (Å²) in [6, 6.07) is 3.92. The predicted octanol–water partition coefficient (Wildman–Crippen LogP) is -0.854. The predicted molar refractivity (Wildman–Crippen MR) is 104 cm³/mol. The molecule has 29 heavy (non-hydrogen) atoms. The van der Waals surface area contributed by atoms with Crippen molar-refractivity contribution >= 4 is 36.8 Å². The highest BCUT2D eigenvalue weighted by Gasteiger charge is 2.34. The summed E-state index contributed by atoms with van der Waals surface area (Å²) >= 11 is 0. The van der Waals surface area contributed by atoms with Crippen LogP contribution in [0.15, 0.2) is 23.1 Å². The van der Waals surface area contributed by atoms with Gasteiger partial charge in [0.2, 0.25) is 10.0 Å². The Morgan fingerprint density at radius 2 is 2.07 bits per heavy atom. The van der Waals surface area contributed by atoms with E-state index in [1.165, 1.54) is 37.2 Å². The van der Waals surface area contributed by atoms with Crippen LogP contribution in [0.5, 0.6) is 0 Å². The zero-order valence-corrected chi connectivity index (χ0v) is 18.0. The van der Waals surface area contributed by atoms with Gasteiger partial charge in [0.1, 0.15) is 11.0 Å². The van der Waals surface area contributed by atoms with Gasteiger partial charge in [0, 0.05) is 26.7 Å². The maximum absolute atomic E-state index is 12.6. The molecule has 1 amide bonds. The molecule has 0 radical (unpaired) electrons. The van der Waals surface area contributed by atoms with Gasteiger partial charge in [-0.3, -0.25) is 4.79 Å². The molecule has 1 aliphatic heterocycles. The van der Waals surface area contributed by atoms with Gasteiger partial charge in [-0.15, -0.1) is 5.10 Å². The lowest BCUT2D eigenvalue weighted by atomic mass is 10.2. The monoisotopic (exact) mass is 445 g/mol. The molecule has 1 fully saturated rings.